The van der Waals surface area contributed by atoms with E-state index in [1.54, 1.807) is 48.5 Å². The van der Waals surface area contributed by atoms with Crippen molar-refractivity contribution in [1.29, 1.82) is 0 Å². The van der Waals surface area contributed by atoms with E-state index < -0.39 is 0 Å². The van der Waals surface area contributed by atoms with Crippen LogP contribution in [0, 0.1) is 5.92 Å². The van der Waals surface area contributed by atoms with Crippen LogP contribution in [-0.4, -0.2) is 31.6 Å². The molecule has 0 unspecified atom stereocenters. The lowest BCUT2D eigenvalue weighted by Gasteiger charge is -2.11. The normalized spacial score (nSPS) is 10.5. The van der Waals surface area contributed by atoms with E-state index in [1.807, 2.05) is 20.8 Å². The second kappa shape index (κ2) is 10.3. The zero-order valence-corrected chi connectivity index (χ0v) is 16.0. The molecule has 0 atom stereocenters. The van der Waals surface area contributed by atoms with Gasteiger partial charge in [-0.1, -0.05) is 19.9 Å². The van der Waals surface area contributed by atoms with E-state index in [1.165, 1.54) is 0 Å². The van der Waals surface area contributed by atoms with Crippen LogP contribution < -0.4 is 15.4 Å². The van der Waals surface area contributed by atoms with Crippen LogP contribution in [0.25, 0.3) is 0 Å². The molecule has 144 valence electrons. The van der Waals surface area contributed by atoms with E-state index in [4.69, 9.17) is 9.47 Å². The van der Waals surface area contributed by atoms with E-state index in [0.29, 0.717) is 42.5 Å². The van der Waals surface area contributed by atoms with Gasteiger partial charge in [0.2, 0.25) is 5.91 Å². The van der Waals surface area contributed by atoms with E-state index >= 15 is 0 Å². The summed E-state index contributed by atoms with van der Waals surface area (Å²) in [5.41, 5.74) is 1.77. The first-order chi connectivity index (χ1) is 13.0. The Kier molecular flexibility index (Phi) is 7.82. The number of rotatable bonds is 9. The Morgan fingerprint density at radius 2 is 1.63 bits per heavy atom. The predicted octanol–water partition coefficient (Wildman–Crippen LogP) is 3.95. The Morgan fingerprint density at radius 1 is 0.963 bits per heavy atom. The molecule has 6 nitrogen and oxygen atoms in total. The first-order valence-electron chi connectivity index (χ1n) is 9.02. The molecule has 2 aromatic rings. The van der Waals surface area contributed by atoms with Crippen LogP contribution in [0.5, 0.6) is 5.75 Å². The number of carbonyl (C=O) groups excluding carboxylic acids is 2. The molecule has 2 aromatic carbocycles. The van der Waals surface area contributed by atoms with Crippen molar-refractivity contribution in [3.63, 3.8) is 0 Å². The lowest BCUT2D eigenvalue weighted by Crippen LogP contribution is -2.18. The summed E-state index contributed by atoms with van der Waals surface area (Å²) >= 11 is 0. The molecule has 0 bridgehead atoms. The van der Waals surface area contributed by atoms with Gasteiger partial charge < -0.3 is 20.1 Å². The summed E-state index contributed by atoms with van der Waals surface area (Å²) in [7, 11) is 0. The topological polar surface area (TPSA) is 76.7 Å². The fourth-order valence-electron chi connectivity index (χ4n) is 2.23. The number of hydrogen-bond donors (Lipinski definition) is 2. The third-order valence-electron chi connectivity index (χ3n) is 3.73. The molecule has 2 amide bonds. The predicted molar refractivity (Wildman–Crippen MR) is 106 cm³/mol. The van der Waals surface area contributed by atoms with Crippen molar-refractivity contribution in [1.82, 2.24) is 0 Å². The van der Waals surface area contributed by atoms with Gasteiger partial charge in [0.05, 0.1) is 6.61 Å². The zero-order chi connectivity index (χ0) is 19.6. The van der Waals surface area contributed by atoms with Gasteiger partial charge in [0.25, 0.3) is 5.91 Å². The average molecular weight is 370 g/mol. The molecule has 6 heteroatoms. The third kappa shape index (κ3) is 6.75. The van der Waals surface area contributed by atoms with Crippen molar-refractivity contribution in [2.24, 2.45) is 5.92 Å². The highest BCUT2D eigenvalue weighted by Gasteiger charge is 2.09. The average Bonchev–Trinajstić information content (AvgIpc) is 2.66. The highest BCUT2D eigenvalue weighted by molar-refractivity contribution is 6.04. The lowest BCUT2D eigenvalue weighted by molar-refractivity contribution is -0.118. The summed E-state index contributed by atoms with van der Waals surface area (Å²) in [5, 5.41) is 5.64. The minimum atomic E-state index is -0.233. The Bertz CT molecular complexity index is 757. The molecule has 0 aliphatic rings. The smallest absolute Gasteiger partial charge is 0.255 e. The summed E-state index contributed by atoms with van der Waals surface area (Å²) in [6.45, 7) is 7.24. The molecule has 0 aliphatic carbocycles. The lowest BCUT2D eigenvalue weighted by atomic mass is 10.2. The molecule has 0 fully saturated rings. The van der Waals surface area contributed by atoms with Crippen LogP contribution in [0.3, 0.4) is 0 Å². The van der Waals surface area contributed by atoms with Gasteiger partial charge >= 0.3 is 0 Å². The molecule has 2 N–H and O–H groups in total. The number of hydrogen-bond acceptors (Lipinski definition) is 4. The molecule has 0 spiro atoms. The van der Waals surface area contributed by atoms with E-state index in [-0.39, 0.29) is 17.7 Å². The molecule has 2 rings (SSSR count). The molecule has 0 heterocycles. The Labute approximate surface area is 159 Å². The molecular formula is C21H26N2O4. The van der Waals surface area contributed by atoms with Crippen LogP contribution in [0.2, 0.25) is 0 Å². The maximum Gasteiger partial charge on any atom is 0.255 e. The summed E-state index contributed by atoms with van der Waals surface area (Å²) in [5.74, 6) is 0.267. The molecule has 0 radical (unpaired) electrons. The van der Waals surface area contributed by atoms with Crippen molar-refractivity contribution >= 4 is 23.2 Å². The Morgan fingerprint density at radius 3 is 2.26 bits per heavy atom. The number of nitrogens with one attached hydrogen (secondary N) is 2. The van der Waals surface area contributed by atoms with Crippen LogP contribution in [0.15, 0.2) is 48.5 Å². The summed E-state index contributed by atoms with van der Waals surface area (Å²) in [6.07, 6.45) is 0. The second-order valence-corrected chi connectivity index (χ2v) is 6.25. The molecule has 0 saturated heterocycles. The van der Waals surface area contributed by atoms with Gasteiger partial charge in [-0.15, -0.1) is 0 Å². The number of ether oxygens (including phenoxy) is 2. The molecule has 27 heavy (non-hydrogen) atoms. The molecule has 0 saturated carbocycles. The maximum absolute atomic E-state index is 12.4. The Hall–Kier alpha value is -2.86. The van der Waals surface area contributed by atoms with Crippen molar-refractivity contribution in [3.8, 4) is 5.75 Å². The van der Waals surface area contributed by atoms with Gasteiger partial charge in [0, 0.05) is 29.5 Å². The fraction of sp³-hybridized carbons (Fsp3) is 0.333. The first kappa shape index (κ1) is 20.5. The maximum atomic E-state index is 12.4. The standard InChI is InChI=1S/C21H26N2O4/c1-4-26-12-13-27-19-10-8-16(9-11-19)21(25)23-18-7-5-6-17(14-18)22-20(24)15(2)3/h5-11,14-15H,4,12-13H2,1-3H3,(H,22,24)(H,23,25). The van der Waals surface area contributed by atoms with E-state index in [2.05, 4.69) is 10.6 Å². The van der Waals surface area contributed by atoms with Crippen LogP contribution in [0.1, 0.15) is 31.1 Å². The van der Waals surface area contributed by atoms with Gasteiger partial charge in [-0.2, -0.15) is 0 Å². The van der Waals surface area contributed by atoms with Crippen molar-refractivity contribution in [2.45, 2.75) is 20.8 Å². The number of anilines is 2. The number of benzene rings is 2. The van der Waals surface area contributed by atoms with Crippen molar-refractivity contribution in [2.75, 3.05) is 30.5 Å². The highest BCUT2D eigenvalue weighted by Crippen LogP contribution is 2.18. The van der Waals surface area contributed by atoms with Gasteiger partial charge in [0.15, 0.2) is 0 Å². The Balaban J connectivity index is 1.93. The number of amides is 2. The third-order valence-corrected chi connectivity index (χ3v) is 3.73. The molecular weight excluding hydrogens is 344 g/mol. The monoisotopic (exact) mass is 370 g/mol. The minimum Gasteiger partial charge on any atom is -0.491 e. The van der Waals surface area contributed by atoms with Crippen molar-refractivity contribution in [3.05, 3.63) is 54.1 Å². The number of carbonyl (C=O) groups is 2. The van der Waals surface area contributed by atoms with Crippen molar-refractivity contribution < 1.29 is 19.1 Å². The quantitative estimate of drug-likeness (QED) is 0.655. The van der Waals surface area contributed by atoms with Crippen LogP contribution >= 0.6 is 0 Å². The second-order valence-electron chi connectivity index (χ2n) is 6.25. The molecule has 0 aromatic heterocycles. The summed E-state index contributed by atoms with van der Waals surface area (Å²) in [6, 6.07) is 14.0. The SMILES string of the molecule is CCOCCOc1ccc(C(=O)Nc2cccc(NC(=O)C(C)C)c2)cc1. The molecule has 0 aliphatic heterocycles. The minimum absolute atomic E-state index is 0.0709. The highest BCUT2D eigenvalue weighted by atomic mass is 16.5. The summed E-state index contributed by atoms with van der Waals surface area (Å²) in [4.78, 5) is 24.2. The van der Waals surface area contributed by atoms with Gasteiger partial charge in [0.1, 0.15) is 12.4 Å². The zero-order valence-electron chi connectivity index (χ0n) is 16.0. The van der Waals surface area contributed by atoms with Gasteiger partial charge in [-0.3, -0.25) is 9.59 Å². The van der Waals surface area contributed by atoms with Crippen LogP contribution in [-0.2, 0) is 9.53 Å². The van der Waals surface area contributed by atoms with Gasteiger partial charge in [-0.25, -0.2) is 0 Å². The largest absolute Gasteiger partial charge is 0.491 e. The van der Waals surface area contributed by atoms with Crippen LogP contribution in [0.4, 0.5) is 11.4 Å². The van der Waals surface area contributed by atoms with E-state index in [0.717, 1.165) is 0 Å². The first-order valence-corrected chi connectivity index (χ1v) is 9.02. The van der Waals surface area contributed by atoms with E-state index in [9.17, 15) is 9.59 Å². The van der Waals surface area contributed by atoms with Gasteiger partial charge in [-0.05, 0) is 49.4 Å². The summed E-state index contributed by atoms with van der Waals surface area (Å²) < 4.78 is 10.8. The fourth-order valence-corrected chi connectivity index (χ4v) is 2.23.